The van der Waals surface area contributed by atoms with E-state index in [1.807, 2.05) is 6.08 Å². The molecule has 2 fully saturated rings. The van der Waals surface area contributed by atoms with Gasteiger partial charge in [0.15, 0.2) is 5.78 Å². The van der Waals surface area contributed by atoms with E-state index in [4.69, 9.17) is 4.74 Å². The maximum absolute atomic E-state index is 12.7. The smallest absolute Gasteiger partial charge is 0.305 e. The number of unbranched alkanes of at least 4 members (excludes halogenated alkanes) is 3. The number of aliphatic hydroxyl groups excluding tert-OH is 2. The van der Waals surface area contributed by atoms with Crippen molar-refractivity contribution in [2.24, 2.45) is 23.7 Å². The zero-order chi connectivity index (χ0) is 23.6. The summed E-state index contributed by atoms with van der Waals surface area (Å²) in [5.41, 5.74) is 0.824. The van der Waals surface area contributed by atoms with Gasteiger partial charge < -0.3 is 14.9 Å². The van der Waals surface area contributed by atoms with Gasteiger partial charge in [0.1, 0.15) is 6.10 Å². The number of carbonyl (C=O) groups is 2. The normalized spacial score (nSPS) is 27.9. The topological polar surface area (TPSA) is 83.8 Å². The second-order valence-corrected chi connectivity index (χ2v) is 10.2. The minimum atomic E-state index is -0.613. The summed E-state index contributed by atoms with van der Waals surface area (Å²) in [5, 5.41) is 21.0. The maximum atomic E-state index is 12.7. The van der Waals surface area contributed by atoms with Crippen molar-refractivity contribution in [3.8, 4) is 11.8 Å². The summed E-state index contributed by atoms with van der Waals surface area (Å²) in [5.74, 6) is 6.52. The molecule has 3 aliphatic rings. The van der Waals surface area contributed by atoms with Gasteiger partial charge in [-0.2, -0.15) is 0 Å². The van der Waals surface area contributed by atoms with Crippen LogP contribution in [0, 0.1) is 35.5 Å². The molecule has 2 unspecified atom stereocenters. The average molecular weight is 459 g/mol. The molecule has 5 atom stereocenters. The summed E-state index contributed by atoms with van der Waals surface area (Å²) in [6.07, 6.45) is 13.3. The third kappa shape index (κ3) is 7.69. The molecule has 2 N–H and O–H groups in total. The van der Waals surface area contributed by atoms with Crippen LogP contribution in [0.5, 0.6) is 0 Å². The highest BCUT2D eigenvalue weighted by Crippen LogP contribution is 2.47. The number of Topliss-reactive ketones (excluding diaryl/α,β-unsaturated/α-hetero) is 1. The lowest BCUT2D eigenvalue weighted by Crippen LogP contribution is -2.23. The molecule has 3 rings (SSSR count). The standard InChI is InChI=1S/C28H42O5/c1-2-3-4-8-16-33-28(32)13-9-12-25(29)22-17-21-19-27(31)23(24(21)18-22)14-15-26(30)20-10-6-5-7-11-20/h17,20-21,23-24,26-27,30-31H,2-13,16,18-19H2,1H3/t21?,23-,24?,26-,27-/m1/s1. The predicted molar refractivity (Wildman–Crippen MR) is 128 cm³/mol. The molecule has 0 aromatic heterocycles. The summed E-state index contributed by atoms with van der Waals surface area (Å²) in [6, 6.07) is 0. The monoisotopic (exact) mass is 458 g/mol. The average Bonchev–Trinajstić information content (AvgIpc) is 3.35. The fourth-order valence-electron chi connectivity index (χ4n) is 5.70. The van der Waals surface area contributed by atoms with Gasteiger partial charge in [-0.15, -0.1) is 0 Å². The molecule has 0 radical (unpaired) electrons. The van der Waals surface area contributed by atoms with Crippen LogP contribution >= 0.6 is 0 Å². The van der Waals surface area contributed by atoms with Crippen LogP contribution in [0.15, 0.2) is 11.6 Å². The highest BCUT2D eigenvalue weighted by atomic mass is 16.5. The van der Waals surface area contributed by atoms with Gasteiger partial charge >= 0.3 is 5.97 Å². The number of allylic oxidation sites excluding steroid dienone is 2. The number of ketones is 1. The zero-order valence-corrected chi connectivity index (χ0v) is 20.3. The minimum Gasteiger partial charge on any atom is -0.466 e. The molecule has 5 nitrogen and oxygen atoms in total. The largest absolute Gasteiger partial charge is 0.466 e. The van der Waals surface area contributed by atoms with Crippen molar-refractivity contribution in [3.63, 3.8) is 0 Å². The number of fused-ring (bicyclic) bond motifs is 1. The van der Waals surface area contributed by atoms with E-state index in [0.29, 0.717) is 32.3 Å². The first kappa shape index (κ1) is 26.0. The number of esters is 1. The number of hydrogen-bond acceptors (Lipinski definition) is 5. The van der Waals surface area contributed by atoms with Crippen molar-refractivity contribution >= 4 is 11.8 Å². The number of ether oxygens (including phenoxy) is 1. The fourth-order valence-corrected chi connectivity index (χ4v) is 5.70. The van der Waals surface area contributed by atoms with Crippen molar-refractivity contribution in [1.82, 2.24) is 0 Å². The summed E-state index contributed by atoms with van der Waals surface area (Å²) >= 11 is 0. The molecule has 0 saturated heterocycles. The molecule has 184 valence electrons. The summed E-state index contributed by atoms with van der Waals surface area (Å²) < 4.78 is 5.24. The predicted octanol–water partition coefficient (Wildman–Crippen LogP) is 4.74. The van der Waals surface area contributed by atoms with E-state index in [0.717, 1.165) is 56.9 Å². The van der Waals surface area contributed by atoms with Crippen LogP contribution in [0.2, 0.25) is 0 Å². The van der Waals surface area contributed by atoms with E-state index in [1.54, 1.807) is 0 Å². The molecule has 0 aromatic carbocycles. The van der Waals surface area contributed by atoms with E-state index in [-0.39, 0.29) is 41.8 Å². The minimum absolute atomic E-state index is 0.101. The molecule has 0 amide bonds. The Labute approximate surface area is 199 Å². The van der Waals surface area contributed by atoms with Crippen LogP contribution in [0.25, 0.3) is 0 Å². The summed E-state index contributed by atoms with van der Waals surface area (Å²) in [4.78, 5) is 24.5. The van der Waals surface area contributed by atoms with Crippen molar-refractivity contribution in [2.45, 2.75) is 109 Å². The molecule has 2 saturated carbocycles. The Bertz CT molecular complexity index is 739. The van der Waals surface area contributed by atoms with Gasteiger partial charge in [0.2, 0.25) is 0 Å². The number of aliphatic hydroxyl groups is 2. The number of rotatable bonds is 11. The van der Waals surface area contributed by atoms with Gasteiger partial charge in [-0.1, -0.05) is 63.4 Å². The van der Waals surface area contributed by atoms with Crippen molar-refractivity contribution in [3.05, 3.63) is 11.6 Å². The summed E-state index contributed by atoms with van der Waals surface area (Å²) in [7, 11) is 0. The van der Waals surface area contributed by atoms with Gasteiger partial charge in [-0.25, -0.2) is 0 Å². The van der Waals surface area contributed by atoms with E-state index in [1.165, 1.54) is 6.42 Å². The maximum Gasteiger partial charge on any atom is 0.305 e. The Kier molecular flexibility index (Phi) is 10.5. The lowest BCUT2D eigenvalue weighted by atomic mass is 9.84. The van der Waals surface area contributed by atoms with Crippen LogP contribution in [0.3, 0.4) is 0 Å². The Balaban J connectivity index is 1.41. The van der Waals surface area contributed by atoms with Gasteiger partial charge in [-0.3, -0.25) is 9.59 Å². The molecule has 3 aliphatic carbocycles. The Hall–Kier alpha value is -1.64. The Morgan fingerprint density at radius 1 is 1.12 bits per heavy atom. The second-order valence-electron chi connectivity index (χ2n) is 10.2. The first-order valence-electron chi connectivity index (χ1n) is 13.3. The first-order chi connectivity index (χ1) is 16.0. The lowest BCUT2D eigenvalue weighted by molar-refractivity contribution is -0.143. The molecule has 5 heteroatoms. The molecule has 0 aromatic rings. The highest BCUT2D eigenvalue weighted by molar-refractivity contribution is 5.96. The number of carbonyl (C=O) groups excluding carboxylic acids is 2. The van der Waals surface area contributed by atoms with E-state index in [2.05, 4.69) is 18.8 Å². The molecule has 0 heterocycles. The molecular weight excluding hydrogens is 416 g/mol. The van der Waals surface area contributed by atoms with Gasteiger partial charge in [0.25, 0.3) is 0 Å². The van der Waals surface area contributed by atoms with Crippen LogP contribution in [-0.4, -0.2) is 40.8 Å². The van der Waals surface area contributed by atoms with Crippen LogP contribution in [0.1, 0.15) is 96.8 Å². The fraction of sp³-hybridized carbons (Fsp3) is 0.786. The third-order valence-electron chi connectivity index (χ3n) is 7.71. The van der Waals surface area contributed by atoms with Gasteiger partial charge in [0.05, 0.1) is 18.6 Å². The highest BCUT2D eigenvalue weighted by Gasteiger charge is 2.45. The van der Waals surface area contributed by atoms with Crippen LogP contribution < -0.4 is 0 Å². The molecule has 0 bridgehead atoms. The Morgan fingerprint density at radius 2 is 1.91 bits per heavy atom. The quantitative estimate of drug-likeness (QED) is 0.265. The molecule has 0 aliphatic heterocycles. The van der Waals surface area contributed by atoms with Crippen molar-refractivity contribution < 1.29 is 24.5 Å². The van der Waals surface area contributed by atoms with E-state index < -0.39 is 12.2 Å². The molecule has 0 spiro atoms. The van der Waals surface area contributed by atoms with Crippen molar-refractivity contribution in [2.75, 3.05) is 6.61 Å². The lowest BCUT2D eigenvalue weighted by Gasteiger charge is -2.23. The Morgan fingerprint density at radius 3 is 2.67 bits per heavy atom. The zero-order valence-electron chi connectivity index (χ0n) is 20.3. The molecular formula is C28H42O5. The second kappa shape index (κ2) is 13.3. The molecule has 33 heavy (non-hydrogen) atoms. The van der Waals surface area contributed by atoms with Gasteiger partial charge in [0, 0.05) is 12.8 Å². The van der Waals surface area contributed by atoms with Crippen LogP contribution in [-0.2, 0) is 14.3 Å². The first-order valence-corrected chi connectivity index (χ1v) is 13.3. The number of hydrogen-bond donors (Lipinski definition) is 2. The van der Waals surface area contributed by atoms with Crippen LogP contribution in [0.4, 0.5) is 0 Å². The van der Waals surface area contributed by atoms with E-state index in [9.17, 15) is 19.8 Å². The van der Waals surface area contributed by atoms with Crippen molar-refractivity contribution in [1.29, 1.82) is 0 Å². The van der Waals surface area contributed by atoms with E-state index >= 15 is 0 Å². The summed E-state index contributed by atoms with van der Waals surface area (Å²) in [6.45, 7) is 2.62. The van der Waals surface area contributed by atoms with Gasteiger partial charge in [-0.05, 0) is 61.9 Å². The third-order valence-corrected chi connectivity index (χ3v) is 7.71. The SMILES string of the molecule is CCCCCCOC(=O)CCCC(=O)C1=CC2C[C@@H](O)[C@H](C#C[C@@H](O)C3CCCCC3)C2C1.